The summed E-state index contributed by atoms with van der Waals surface area (Å²) < 4.78 is 7.14. The molecule has 3 aromatic carbocycles. The quantitative estimate of drug-likeness (QED) is 0.378. The number of ether oxygens (including phenoxy) is 1. The molecule has 0 saturated heterocycles. The van der Waals surface area contributed by atoms with Crippen LogP contribution >= 0.6 is 11.8 Å². The Kier molecular flexibility index (Phi) is 7.18. The molecule has 0 saturated carbocycles. The predicted molar refractivity (Wildman–Crippen MR) is 135 cm³/mol. The third kappa shape index (κ3) is 5.58. The van der Waals surface area contributed by atoms with E-state index in [1.54, 1.807) is 49.5 Å². The van der Waals surface area contributed by atoms with E-state index in [2.05, 4.69) is 16.4 Å². The second-order valence-electron chi connectivity index (χ2n) is 7.94. The number of anilines is 1. The number of rotatable bonds is 8. The van der Waals surface area contributed by atoms with Crippen LogP contribution in [0.5, 0.6) is 5.75 Å². The number of thioether (sulfide) groups is 1. The fourth-order valence-corrected chi connectivity index (χ4v) is 4.31. The lowest BCUT2D eigenvalue weighted by Gasteiger charge is -2.18. The fourth-order valence-electron chi connectivity index (χ4n) is 3.58. The summed E-state index contributed by atoms with van der Waals surface area (Å²) in [5.41, 5.74) is 2.26. The van der Waals surface area contributed by atoms with E-state index in [0.717, 1.165) is 27.2 Å². The molecule has 7 nitrogen and oxygen atoms in total. The van der Waals surface area contributed by atoms with Crippen molar-refractivity contribution in [1.29, 1.82) is 0 Å². The van der Waals surface area contributed by atoms with Crippen LogP contribution in [0.25, 0.3) is 10.8 Å². The Balaban J connectivity index is 1.33. The van der Waals surface area contributed by atoms with Crippen LogP contribution in [0.3, 0.4) is 0 Å². The molecule has 0 aliphatic rings. The lowest BCUT2D eigenvalue weighted by atomic mass is 10.1. The van der Waals surface area contributed by atoms with E-state index >= 15 is 0 Å². The molecule has 174 valence electrons. The van der Waals surface area contributed by atoms with E-state index in [9.17, 15) is 9.59 Å². The van der Waals surface area contributed by atoms with Gasteiger partial charge in [-0.15, -0.1) is 0 Å². The normalized spacial score (nSPS) is 10.8. The van der Waals surface area contributed by atoms with Gasteiger partial charge in [-0.1, -0.05) is 30.0 Å². The number of nitrogens with one attached hydrogen (secondary N) is 1. The Morgan fingerprint density at radius 3 is 2.50 bits per heavy atom. The molecule has 2 amide bonds. The van der Waals surface area contributed by atoms with Gasteiger partial charge in [0.15, 0.2) is 5.16 Å². The van der Waals surface area contributed by atoms with Crippen molar-refractivity contribution in [3.8, 4) is 5.75 Å². The van der Waals surface area contributed by atoms with Gasteiger partial charge >= 0.3 is 0 Å². The molecule has 34 heavy (non-hydrogen) atoms. The van der Waals surface area contributed by atoms with Crippen LogP contribution in [0.4, 0.5) is 5.69 Å². The SMILES string of the molecule is COc1ccc2cc(CN(C)C(=O)c3ccc(NC(=O)CSc4nccn4C)cc3)ccc2c1. The lowest BCUT2D eigenvalue weighted by Crippen LogP contribution is -2.26. The van der Waals surface area contributed by atoms with Gasteiger partial charge in [-0.3, -0.25) is 9.59 Å². The zero-order valence-corrected chi connectivity index (χ0v) is 20.1. The summed E-state index contributed by atoms with van der Waals surface area (Å²) in [5, 5.41) is 5.82. The molecule has 4 rings (SSSR count). The Hall–Kier alpha value is -3.78. The predicted octanol–water partition coefficient (Wildman–Crippen LogP) is 4.58. The zero-order valence-electron chi connectivity index (χ0n) is 19.3. The highest BCUT2D eigenvalue weighted by Crippen LogP contribution is 2.23. The van der Waals surface area contributed by atoms with Gasteiger partial charge in [0.05, 0.1) is 12.9 Å². The number of imidazole rings is 1. The minimum Gasteiger partial charge on any atom is -0.497 e. The number of hydrogen-bond donors (Lipinski definition) is 1. The maximum atomic E-state index is 12.9. The van der Waals surface area contributed by atoms with E-state index in [0.29, 0.717) is 17.8 Å². The molecular formula is C26H26N4O3S. The standard InChI is InChI=1S/C26H26N4O3S/c1-29-13-12-27-26(29)34-17-24(31)28-22-9-6-19(7-10-22)25(32)30(2)16-18-4-5-21-15-23(33-3)11-8-20(21)14-18/h4-15H,16-17H2,1-3H3,(H,28,31). The van der Waals surface area contributed by atoms with Crippen molar-refractivity contribution >= 4 is 40.0 Å². The van der Waals surface area contributed by atoms with Crippen molar-refractivity contribution < 1.29 is 14.3 Å². The van der Waals surface area contributed by atoms with Gasteiger partial charge in [0.1, 0.15) is 5.75 Å². The molecule has 0 bridgehead atoms. The second kappa shape index (κ2) is 10.4. The van der Waals surface area contributed by atoms with E-state index < -0.39 is 0 Å². The van der Waals surface area contributed by atoms with Crippen molar-refractivity contribution in [2.75, 3.05) is 25.2 Å². The van der Waals surface area contributed by atoms with E-state index in [1.807, 2.05) is 48.1 Å². The smallest absolute Gasteiger partial charge is 0.253 e. The number of aryl methyl sites for hydroxylation is 1. The maximum Gasteiger partial charge on any atom is 0.253 e. The van der Waals surface area contributed by atoms with Gasteiger partial charge in [-0.05, 0) is 58.8 Å². The summed E-state index contributed by atoms with van der Waals surface area (Å²) in [5.74, 6) is 0.863. The molecule has 8 heteroatoms. The van der Waals surface area contributed by atoms with Crippen LogP contribution in [-0.4, -0.2) is 46.2 Å². The molecule has 0 unspecified atom stereocenters. The number of carbonyl (C=O) groups excluding carboxylic acids is 2. The Morgan fingerprint density at radius 2 is 1.79 bits per heavy atom. The number of amides is 2. The van der Waals surface area contributed by atoms with Crippen LogP contribution in [0.15, 0.2) is 78.2 Å². The summed E-state index contributed by atoms with van der Waals surface area (Å²) >= 11 is 1.37. The van der Waals surface area contributed by atoms with Crippen molar-refractivity contribution in [3.63, 3.8) is 0 Å². The molecule has 0 aliphatic heterocycles. The van der Waals surface area contributed by atoms with E-state index in [4.69, 9.17) is 4.74 Å². The molecule has 0 atom stereocenters. The summed E-state index contributed by atoms with van der Waals surface area (Å²) in [4.78, 5) is 31.0. The molecule has 0 aliphatic carbocycles. The number of aromatic nitrogens is 2. The molecule has 0 fully saturated rings. The van der Waals surface area contributed by atoms with Gasteiger partial charge < -0.3 is 19.5 Å². The average Bonchev–Trinajstić information content (AvgIpc) is 3.27. The molecule has 4 aromatic rings. The maximum absolute atomic E-state index is 12.9. The van der Waals surface area contributed by atoms with Gasteiger partial charge in [0.2, 0.25) is 5.91 Å². The number of fused-ring (bicyclic) bond motifs is 1. The van der Waals surface area contributed by atoms with Gasteiger partial charge in [0.25, 0.3) is 5.91 Å². The number of carbonyl (C=O) groups is 2. The van der Waals surface area contributed by atoms with Gasteiger partial charge in [0, 0.05) is 44.3 Å². The minimum atomic E-state index is -0.127. The first-order valence-corrected chi connectivity index (χ1v) is 11.7. The van der Waals surface area contributed by atoms with Crippen LogP contribution in [0.2, 0.25) is 0 Å². The third-order valence-corrected chi connectivity index (χ3v) is 6.46. The number of methoxy groups -OCH3 is 1. The van der Waals surface area contributed by atoms with Crippen LogP contribution in [0, 0.1) is 0 Å². The van der Waals surface area contributed by atoms with Crippen molar-refractivity contribution in [3.05, 3.63) is 84.2 Å². The third-order valence-electron chi connectivity index (χ3n) is 5.40. The first-order valence-electron chi connectivity index (χ1n) is 10.7. The topological polar surface area (TPSA) is 76.5 Å². The van der Waals surface area contributed by atoms with Crippen molar-refractivity contribution in [1.82, 2.24) is 14.5 Å². The van der Waals surface area contributed by atoms with Crippen LogP contribution in [0.1, 0.15) is 15.9 Å². The molecule has 0 spiro atoms. The second-order valence-corrected chi connectivity index (χ2v) is 8.89. The van der Waals surface area contributed by atoms with Crippen LogP contribution in [-0.2, 0) is 18.4 Å². The molecule has 1 N–H and O–H groups in total. The zero-order chi connectivity index (χ0) is 24.1. The molecule has 1 heterocycles. The highest BCUT2D eigenvalue weighted by molar-refractivity contribution is 7.99. The lowest BCUT2D eigenvalue weighted by molar-refractivity contribution is -0.113. The monoisotopic (exact) mass is 474 g/mol. The Labute approximate surface area is 202 Å². The van der Waals surface area contributed by atoms with Crippen molar-refractivity contribution in [2.45, 2.75) is 11.7 Å². The molecule has 0 radical (unpaired) electrons. The fraction of sp³-hybridized carbons (Fsp3) is 0.192. The summed E-state index contributed by atoms with van der Waals surface area (Å²) in [6.07, 6.45) is 3.54. The molecule has 1 aromatic heterocycles. The molecular weight excluding hydrogens is 448 g/mol. The Morgan fingerprint density at radius 1 is 1.06 bits per heavy atom. The highest BCUT2D eigenvalue weighted by Gasteiger charge is 2.13. The highest BCUT2D eigenvalue weighted by atomic mass is 32.2. The van der Waals surface area contributed by atoms with E-state index in [1.165, 1.54) is 11.8 Å². The Bertz CT molecular complexity index is 1320. The summed E-state index contributed by atoms with van der Waals surface area (Å²) in [6, 6.07) is 19.0. The summed E-state index contributed by atoms with van der Waals surface area (Å²) in [7, 11) is 5.32. The first-order chi connectivity index (χ1) is 16.4. The van der Waals surface area contributed by atoms with Crippen LogP contribution < -0.4 is 10.1 Å². The summed E-state index contributed by atoms with van der Waals surface area (Å²) in [6.45, 7) is 0.490. The van der Waals surface area contributed by atoms with Crippen molar-refractivity contribution in [2.24, 2.45) is 7.05 Å². The number of hydrogen-bond acceptors (Lipinski definition) is 5. The van der Waals surface area contributed by atoms with Gasteiger partial charge in [-0.2, -0.15) is 0 Å². The van der Waals surface area contributed by atoms with Gasteiger partial charge in [-0.25, -0.2) is 4.98 Å². The van der Waals surface area contributed by atoms with E-state index in [-0.39, 0.29) is 17.6 Å². The largest absolute Gasteiger partial charge is 0.497 e. The minimum absolute atomic E-state index is 0.0851. The number of nitrogens with zero attached hydrogens (tertiary/aromatic N) is 3. The number of benzene rings is 3. The first kappa shape index (κ1) is 23.4. The average molecular weight is 475 g/mol.